The molecule has 1 heterocycles. The van der Waals surface area contributed by atoms with Gasteiger partial charge in [-0.25, -0.2) is 0 Å². The second-order valence-electron chi connectivity index (χ2n) is 6.54. The molecular weight excluding hydrogens is 418 g/mol. The molecule has 0 spiro atoms. The van der Waals surface area contributed by atoms with E-state index in [0.29, 0.717) is 32.5 Å². The first-order valence-electron chi connectivity index (χ1n) is 9.11. The number of nitrogens with one attached hydrogen (secondary N) is 1. The van der Waals surface area contributed by atoms with Crippen molar-refractivity contribution in [2.24, 2.45) is 0 Å². The summed E-state index contributed by atoms with van der Waals surface area (Å²) in [5.74, 6) is -1.00. The lowest BCUT2D eigenvalue weighted by Crippen LogP contribution is -2.27. The molecule has 0 bridgehead atoms. The number of Topliss-reactive ketones (excluding diaryl/α,β-unsaturated/α-hetero) is 1. The zero-order valence-electron chi connectivity index (χ0n) is 16.4. The average Bonchev–Trinajstić information content (AvgIpc) is 2.73. The number of nitrogens with zero attached hydrogens (tertiary/aromatic N) is 2. The molecule has 1 aliphatic heterocycles. The number of thioether (sulfide) groups is 2. The van der Waals surface area contributed by atoms with Crippen molar-refractivity contribution < 1.29 is 9.72 Å². The number of ketones is 1. The number of para-hydroxylation sites is 1. The van der Waals surface area contributed by atoms with Crippen LogP contribution in [0.25, 0.3) is 0 Å². The number of nitro benzene ring substituents is 1. The number of nitro groups is 1. The van der Waals surface area contributed by atoms with Crippen LogP contribution in [0.15, 0.2) is 81.4 Å². The topological polar surface area (TPSA) is 96.0 Å². The quantitative estimate of drug-likeness (QED) is 0.269. The Labute approximate surface area is 183 Å². The van der Waals surface area contributed by atoms with E-state index < -0.39 is 10.8 Å². The summed E-state index contributed by atoms with van der Waals surface area (Å²) in [7, 11) is 0. The molecule has 0 saturated heterocycles. The van der Waals surface area contributed by atoms with Crippen molar-refractivity contribution in [3.8, 4) is 6.07 Å². The third-order valence-electron chi connectivity index (χ3n) is 4.64. The van der Waals surface area contributed by atoms with E-state index in [1.54, 1.807) is 36.9 Å². The zero-order valence-corrected chi connectivity index (χ0v) is 18.0. The smallest absolute Gasteiger partial charge is 0.273 e. The molecular formula is C22H19N3O3S2. The summed E-state index contributed by atoms with van der Waals surface area (Å²) in [5, 5.41) is 26.0. The van der Waals surface area contributed by atoms with Crippen molar-refractivity contribution in [1.82, 2.24) is 5.32 Å². The minimum absolute atomic E-state index is 0.105. The third kappa shape index (κ3) is 4.58. The predicted octanol–water partition coefficient (Wildman–Crippen LogP) is 5.36. The molecule has 3 rings (SSSR count). The van der Waals surface area contributed by atoms with Gasteiger partial charge in [0.15, 0.2) is 5.78 Å². The molecule has 2 aromatic carbocycles. The number of carbonyl (C=O) groups excluding carboxylic acids is 1. The number of nitriles is 1. The van der Waals surface area contributed by atoms with E-state index in [4.69, 9.17) is 0 Å². The summed E-state index contributed by atoms with van der Waals surface area (Å²) in [5.41, 5.74) is 1.54. The summed E-state index contributed by atoms with van der Waals surface area (Å²) >= 11 is 3.08. The van der Waals surface area contributed by atoms with Gasteiger partial charge in [-0.15, -0.1) is 11.8 Å². The maximum absolute atomic E-state index is 12.4. The lowest BCUT2D eigenvalue weighted by Gasteiger charge is -2.29. The van der Waals surface area contributed by atoms with E-state index in [-0.39, 0.29) is 11.5 Å². The Hall–Kier alpha value is -3.02. The Balaban J connectivity index is 2.01. The van der Waals surface area contributed by atoms with Crippen molar-refractivity contribution >= 4 is 35.0 Å². The molecule has 8 heteroatoms. The fourth-order valence-corrected chi connectivity index (χ4v) is 5.52. The molecule has 6 nitrogen and oxygen atoms in total. The lowest BCUT2D eigenvalue weighted by molar-refractivity contribution is -0.385. The van der Waals surface area contributed by atoms with Gasteiger partial charge in [-0.1, -0.05) is 48.2 Å². The Kier molecular flexibility index (Phi) is 6.98. The van der Waals surface area contributed by atoms with Crippen LogP contribution in [0, 0.1) is 21.4 Å². The van der Waals surface area contributed by atoms with Crippen LogP contribution in [0.2, 0.25) is 0 Å². The molecule has 1 aliphatic rings. The van der Waals surface area contributed by atoms with Gasteiger partial charge >= 0.3 is 0 Å². The highest BCUT2D eigenvalue weighted by molar-refractivity contribution is 8.17. The largest absolute Gasteiger partial charge is 0.353 e. The fourth-order valence-electron chi connectivity index (χ4n) is 3.38. The summed E-state index contributed by atoms with van der Waals surface area (Å²) in [6.45, 7) is 3.18. The molecule has 0 unspecified atom stereocenters. The number of carbonyl (C=O) groups is 1. The third-order valence-corrected chi connectivity index (χ3v) is 6.80. The second-order valence-corrected chi connectivity index (χ2v) is 8.94. The van der Waals surface area contributed by atoms with Gasteiger partial charge in [-0.05, 0) is 26.0 Å². The number of allylic oxidation sites excluding steroid dienone is 3. The monoisotopic (exact) mass is 437 g/mol. The Morgan fingerprint density at radius 2 is 1.83 bits per heavy atom. The van der Waals surface area contributed by atoms with Crippen molar-refractivity contribution in [1.29, 1.82) is 5.26 Å². The van der Waals surface area contributed by atoms with Crippen molar-refractivity contribution in [2.45, 2.75) is 24.7 Å². The second kappa shape index (κ2) is 9.65. The maximum Gasteiger partial charge on any atom is 0.273 e. The first-order chi connectivity index (χ1) is 14.4. The molecule has 1 atom stereocenters. The molecule has 1 N–H and O–H groups in total. The summed E-state index contributed by atoms with van der Waals surface area (Å²) < 4.78 is 0. The summed E-state index contributed by atoms with van der Waals surface area (Å²) in [6, 6.07) is 18.4. The van der Waals surface area contributed by atoms with Gasteiger partial charge in [0.25, 0.3) is 5.69 Å². The van der Waals surface area contributed by atoms with Crippen molar-refractivity contribution in [3.63, 3.8) is 0 Å². The Morgan fingerprint density at radius 3 is 2.47 bits per heavy atom. The maximum atomic E-state index is 12.4. The fraction of sp³-hybridized carbons (Fsp3) is 0.182. The zero-order chi connectivity index (χ0) is 21.7. The van der Waals surface area contributed by atoms with Gasteiger partial charge in [0.2, 0.25) is 0 Å². The van der Waals surface area contributed by atoms with E-state index in [2.05, 4.69) is 11.4 Å². The van der Waals surface area contributed by atoms with E-state index in [1.807, 2.05) is 30.3 Å². The van der Waals surface area contributed by atoms with Gasteiger partial charge in [0, 0.05) is 27.8 Å². The molecule has 2 aromatic rings. The highest BCUT2D eigenvalue weighted by atomic mass is 32.2. The van der Waals surface area contributed by atoms with Crippen LogP contribution >= 0.6 is 23.5 Å². The number of dihydropyridines is 1. The van der Waals surface area contributed by atoms with Crippen LogP contribution in [0.3, 0.4) is 0 Å². The molecule has 0 aromatic heterocycles. The lowest BCUT2D eigenvalue weighted by atomic mass is 9.80. The summed E-state index contributed by atoms with van der Waals surface area (Å²) in [6.07, 6.45) is 0. The SMILES string of the molecule is CC(=O)C1=C(C)NC(SCSc2ccccc2)=C(C#N)[C@H]1c1ccccc1[N+](=O)[O-]. The van der Waals surface area contributed by atoms with E-state index >= 15 is 0 Å². The Bertz CT molecular complexity index is 1090. The van der Waals surface area contributed by atoms with Gasteiger partial charge in [0.05, 0.1) is 32.6 Å². The predicted molar refractivity (Wildman–Crippen MR) is 120 cm³/mol. The Morgan fingerprint density at radius 1 is 1.17 bits per heavy atom. The number of hydrogen-bond acceptors (Lipinski definition) is 7. The molecule has 30 heavy (non-hydrogen) atoms. The number of rotatable bonds is 7. The first kappa shape index (κ1) is 21.7. The highest BCUT2D eigenvalue weighted by Gasteiger charge is 2.36. The van der Waals surface area contributed by atoms with E-state index in [9.17, 15) is 20.2 Å². The molecule has 0 amide bonds. The van der Waals surface area contributed by atoms with Crippen LogP contribution in [0.1, 0.15) is 25.3 Å². The van der Waals surface area contributed by atoms with Gasteiger partial charge in [0.1, 0.15) is 0 Å². The first-order valence-corrected chi connectivity index (χ1v) is 11.1. The molecule has 0 aliphatic carbocycles. The molecule has 0 saturated carbocycles. The van der Waals surface area contributed by atoms with Crippen LogP contribution < -0.4 is 5.32 Å². The highest BCUT2D eigenvalue weighted by Crippen LogP contribution is 2.44. The van der Waals surface area contributed by atoms with Crippen molar-refractivity contribution in [2.75, 3.05) is 5.08 Å². The number of benzene rings is 2. The van der Waals surface area contributed by atoms with E-state index in [1.165, 1.54) is 24.8 Å². The molecule has 0 radical (unpaired) electrons. The van der Waals surface area contributed by atoms with Crippen molar-refractivity contribution in [3.05, 3.63) is 92.1 Å². The standard InChI is InChI=1S/C22H19N3O3S2/c1-14-20(15(2)26)21(17-10-6-7-11-19(17)25(27)28)18(12-23)22(24-14)30-13-29-16-8-4-3-5-9-16/h3-11,21,24H,13H2,1-2H3/t21-/m1/s1. The van der Waals surface area contributed by atoms with Gasteiger partial charge < -0.3 is 5.32 Å². The molecule has 152 valence electrons. The minimum atomic E-state index is -0.778. The van der Waals surface area contributed by atoms with Gasteiger partial charge in [-0.3, -0.25) is 14.9 Å². The number of hydrogen-bond donors (Lipinski definition) is 1. The normalized spacial score (nSPS) is 16.1. The van der Waals surface area contributed by atoms with Gasteiger partial charge in [-0.2, -0.15) is 5.26 Å². The van der Waals surface area contributed by atoms with E-state index in [0.717, 1.165) is 4.90 Å². The summed E-state index contributed by atoms with van der Waals surface area (Å²) in [4.78, 5) is 24.7. The van der Waals surface area contributed by atoms with Crippen LogP contribution in [-0.4, -0.2) is 15.8 Å². The van der Waals surface area contributed by atoms with Crippen LogP contribution in [-0.2, 0) is 4.79 Å². The minimum Gasteiger partial charge on any atom is -0.353 e. The average molecular weight is 438 g/mol. The van der Waals surface area contributed by atoms with Crippen LogP contribution in [0.4, 0.5) is 5.69 Å². The molecule has 0 fully saturated rings. The van der Waals surface area contributed by atoms with Crippen LogP contribution in [0.5, 0.6) is 0 Å².